The molecule has 0 aliphatic rings. The van der Waals surface area contributed by atoms with Gasteiger partial charge in [-0.15, -0.1) is 0 Å². The van der Waals surface area contributed by atoms with Crippen molar-refractivity contribution in [2.75, 3.05) is 6.54 Å². The number of rotatable bonds is 4. The van der Waals surface area contributed by atoms with E-state index in [0.29, 0.717) is 6.54 Å². The molecule has 1 rings (SSSR count). The standard InChI is InChI=1S/C11H17FN2O/c1-8(2)14-7-11(3,15)9-4-5-13-6-10(9)12/h4-6,8,14-15H,7H2,1-3H3. The molecule has 0 saturated heterocycles. The van der Waals surface area contributed by atoms with Gasteiger partial charge in [-0.1, -0.05) is 13.8 Å². The van der Waals surface area contributed by atoms with Crippen LogP contribution in [0.2, 0.25) is 0 Å². The minimum atomic E-state index is -1.21. The number of hydrogen-bond acceptors (Lipinski definition) is 3. The van der Waals surface area contributed by atoms with E-state index >= 15 is 0 Å². The van der Waals surface area contributed by atoms with Crippen molar-refractivity contribution in [1.82, 2.24) is 10.3 Å². The summed E-state index contributed by atoms with van der Waals surface area (Å²) in [4.78, 5) is 3.65. The maximum atomic E-state index is 13.4. The lowest BCUT2D eigenvalue weighted by molar-refractivity contribution is 0.0511. The number of halogens is 1. The smallest absolute Gasteiger partial charge is 0.147 e. The first-order valence-corrected chi connectivity index (χ1v) is 4.99. The summed E-state index contributed by atoms with van der Waals surface area (Å²) in [6.45, 7) is 5.84. The van der Waals surface area contributed by atoms with Gasteiger partial charge in [-0.3, -0.25) is 4.98 Å². The van der Waals surface area contributed by atoms with Crippen LogP contribution in [0.15, 0.2) is 18.5 Å². The van der Waals surface area contributed by atoms with Gasteiger partial charge in [0.15, 0.2) is 0 Å². The summed E-state index contributed by atoms with van der Waals surface area (Å²) in [5.74, 6) is -0.479. The molecule has 0 bridgehead atoms. The van der Waals surface area contributed by atoms with Crippen LogP contribution in [-0.2, 0) is 5.60 Å². The Balaban J connectivity index is 2.81. The number of nitrogens with zero attached hydrogens (tertiary/aromatic N) is 1. The molecule has 0 saturated carbocycles. The SMILES string of the molecule is CC(C)NCC(C)(O)c1ccncc1F. The van der Waals surface area contributed by atoms with Crippen molar-refractivity contribution in [2.45, 2.75) is 32.4 Å². The normalized spacial score (nSPS) is 15.3. The van der Waals surface area contributed by atoms with E-state index in [-0.39, 0.29) is 11.6 Å². The highest BCUT2D eigenvalue weighted by molar-refractivity contribution is 5.20. The molecule has 1 aromatic rings. The van der Waals surface area contributed by atoms with Crippen LogP contribution in [0, 0.1) is 5.82 Å². The second kappa shape index (κ2) is 4.68. The van der Waals surface area contributed by atoms with E-state index in [1.54, 1.807) is 6.92 Å². The summed E-state index contributed by atoms with van der Waals surface area (Å²) in [6.07, 6.45) is 2.58. The van der Waals surface area contributed by atoms with Gasteiger partial charge in [-0.25, -0.2) is 4.39 Å². The predicted octanol–water partition coefficient (Wildman–Crippen LogP) is 1.43. The van der Waals surface area contributed by atoms with Crippen LogP contribution < -0.4 is 5.32 Å². The zero-order chi connectivity index (χ0) is 11.5. The molecule has 84 valence electrons. The Morgan fingerprint density at radius 1 is 1.60 bits per heavy atom. The lowest BCUT2D eigenvalue weighted by Crippen LogP contribution is -2.39. The molecule has 0 spiro atoms. The maximum absolute atomic E-state index is 13.4. The Labute approximate surface area is 89.4 Å². The lowest BCUT2D eigenvalue weighted by Gasteiger charge is -2.25. The highest BCUT2D eigenvalue weighted by Gasteiger charge is 2.26. The molecule has 0 aromatic carbocycles. The van der Waals surface area contributed by atoms with Crippen LogP contribution in [0.4, 0.5) is 4.39 Å². The van der Waals surface area contributed by atoms with Gasteiger partial charge in [0.05, 0.1) is 6.20 Å². The molecular weight excluding hydrogens is 195 g/mol. The lowest BCUT2D eigenvalue weighted by atomic mass is 9.96. The Kier molecular flexibility index (Phi) is 3.77. The Hall–Kier alpha value is -1.00. The van der Waals surface area contributed by atoms with Crippen LogP contribution in [-0.4, -0.2) is 22.7 Å². The fourth-order valence-corrected chi connectivity index (χ4v) is 1.31. The number of pyridine rings is 1. The Morgan fingerprint density at radius 3 is 2.80 bits per heavy atom. The summed E-state index contributed by atoms with van der Waals surface area (Å²) < 4.78 is 13.4. The van der Waals surface area contributed by atoms with Crippen LogP contribution in [0.3, 0.4) is 0 Å². The first-order chi connectivity index (χ1) is 6.93. The molecule has 0 amide bonds. The molecule has 0 aliphatic carbocycles. The largest absolute Gasteiger partial charge is 0.384 e. The molecule has 4 heteroatoms. The van der Waals surface area contributed by atoms with Gasteiger partial charge in [0.25, 0.3) is 0 Å². The third kappa shape index (κ3) is 3.25. The van der Waals surface area contributed by atoms with Gasteiger partial charge in [0, 0.05) is 24.3 Å². The molecule has 0 fully saturated rings. The minimum Gasteiger partial charge on any atom is -0.384 e. The number of nitrogens with one attached hydrogen (secondary N) is 1. The summed E-state index contributed by atoms with van der Waals surface area (Å²) in [6, 6.07) is 1.75. The summed E-state index contributed by atoms with van der Waals surface area (Å²) >= 11 is 0. The molecule has 1 heterocycles. The fraction of sp³-hybridized carbons (Fsp3) is 0.545. The molecule has 1 unspecified atom stereocenters. The van der Waals surface area contributed by atoms with E-state index in [4.69, 9.17) is 0 Å². The highest BCUT2D eigenvalue weighted by Crippen LogP contribution is 2.21. The van der Waals surface area contributed by atoms with E-state index in [1.807, 2.05) is 13.8 Å². The second-order valence-corrected chi connectivity index (χ2v) is 4.16. The van der Waals surface area contributed by atoms with Gasteiger partial charge < -0.3 is 10.4 Å². The van der Waals surface area contributed by atoms with E-state index in [2.05, 4.69) is 10.3 Å². The third-order valence-corrected chi connectivity index (χ3v) is 2.21. The van der Waals surface area contributed by atoms with Gasteiger partial charge >= 0.3 is 0 Å². The van der Waals surface area contributed by atoms with E-state index in [1.165, 1.54) is 12.3 Å². The average Bonchev–Trinajstić information content (AvgIpc) is 2.15. The van der Waals surface area contributed by atoms with Gasteiger partial charge in [0.1, 0.15) is 11.4 Å². The van der Waals surface area contributed by atoms with Crippen molar-refractivity contribution in [2.24, 2.45) is 0 Å². The Bertz CT molecular complexity index is 326. The zero-order valence-corrected chi connectivity index (χ0v) is 9.29. The maximum Gasteiger partial charge on any atom is 0.147 e. The number of aromatic nitrogens is 1. The molecule has 15 heavy (non-hydrogen) atoms. The quantitative estimate of drug-likeness (QED) is 0.793. The molecule has 0 radical (unpaired) electrons. The summed E-state index contributed by atoms with van der Waals surface area (Å²) in [5.41, 5.74) is -0.942. The molecule has 3 nitrogen and oxygen atoms in total. The summed E-state index contributed by atoms with van der Waals surface area (Å²) in [5, 5.41) is 13.2. The van der Waals surface area contributed by atoms with Crippen molar-refractivity contribution in [3.05, 3.63) is 29.8 Å². The van der Waals surface area contributed by atoms with Crippen molar-refractivity contribution in [3.8, 4) is 0 Å². The van der Waals surface area contributed by atoms with Gasteiger partial charge in [-0.05, 0) is 13.0 Å². The van der Waals surface area contributed by atoms with E-state index in [9.17, 15) is 9.50 Å². The first kappa shape index (κ1) is 12.1. The van der Waals surface area contributed by atoms with Gasteiger partial charge in [0.2, 0.25) is 0 Å². The second-order valence-electron chi connectivity index (χ2n) is 4.16. The number of aliphatic hydroxyl groups is 1. The molecule has 1 aromatic heterocycles. The predicted molar refractivity (Wildman–Crippen MR) is 56.9 cm³/mol. The molecular formula is C11H17FN2O. The van der Waals surface area contributed by atoms with Gasteiger partial charge in [-0.2, -0.15) is 0 Å². The van der Waals surface area contributed by atoms with Crippen molar-refractivity contribution in [1.29, 1.82) is 0 Å². The van der Waals surface area contributed by atoms with E-state index in [0.717, 1.165) is 6.20 Å². The van der Waals surface area contributed by atoms with E-state index < -0.39 is 11.4 Å². The van der Waals surface area contributed by atoms with Crippen molar-refractivity contribution >= 4 is 0 Å². The van der Waals surface area contributed by atoms with Crippen LogP contribution in [0.1, 0.15) is 26.3 Å². The minimum absolute atomic E-state index is 0.251. The zero-order valence-electron chi connectivity index (χ0n) is 9.29. The monoisotopic (exact) mass is 212 g/mol. The van der Waals surface area contributed by atoms with Crippen LogP contribution >= 0.6 is 0 Å². The highest BCUT2D eigenvalue weighted by atomic mass is 19.1. The fourth-order valence-electron chi connectivity index (χ4n) is 1.31. The molecule has 0 aliphatic heterocycles. The molecule has 2 N–H and O–H groups in total. The molecule has 1 atom stereocenters. The number of hydrogen-bond donors (Lipinski definition) is 2. The third-order valence-electron chi connectivity index (χ3n) is 2.21. The van der Waals surface area contributed by atoms with Crippen LogP contribution in [0.25, 0.3) is 0 Å². The van der Waals surface area contributed by atoms with Crippen LogP contribution in [0.5, 0.6) is 0 Å². The van der Waals surface area contributed by atoms with Crippen molar-refractivity contribution < 1.29 is 9.50 Å². The van der Waals surface area contributed by atoms with Crippen molar-refractivity contribution in [3.63, 3.8) is 0 Å². The first-order valence-electron chi connectivity index (χ1n) is 4.99. The Morgan fingerprint density at radius 2 is 2.27 bits per heavy atom. The summed E-state index contributed by atoms with van der Waals surface area (Å²) in [7, 11) is 0. The average molecular weight is 212 g/mol. The topological polar surface area (TPSA) is 45.1 Å².